The van der Waals surface area contributed by atoms with Crippen molar-refractivity contribution in [1.29, 1.82) is 0 Å². The zero-order chi connectivity index (χ0) is 13.9. The third-order valence-corrected chi connectivity index (χ3v) is 3.49. The lowest BCUT2D eigenvalue weighted by Crippen LogP contribution is -2.29. The maximum absolute atomic E-state index is 11.2. The molecule has 1 aromatic heterocycles. The van der Waals surface area contributed by atoms with Gasteiger partial charge in [0.05, 0.1) is 17.4 Å². The third-order valence-electron chi connectivity index (χ3n) is 3.49. The van der Waals surface area contributed by atoms with Crippen LogP contribution in [0.2, 0.25) is 0 Å². The van der Waals surface area contributed by atoms with Gasteiger partial charge in [-0.1, -0.05) is 27.7 Å². The van der Waals surface area contributed by atoms with Crippen molar-refractivity contribution in [1.82, 2.24) is 4.98 Å². The Morgan fingerprint density at radius 2 is 2.11 bits per heavy atom. The Balaban J connectivity index is 2.81. The lowest BCUT2D eigenvalue weighted by Gasteiger charge is -2.29. The molecule has 0 unspecified atom stereocenters. The minimum Gasteiger partial charge on any atom is -0.397 e. The molecule has 5 N–H and O–H groups in total. The number of nitrogen functional groups attached to an aromatic ring is 1. The smallest absolute Gasteiger partial charge is 0.250 e. The van der Waals surface area contributed by atoms with Crippen LogP contribution in [0.15, 0.2) is 12.3 Å². The number of nitrogens with two attached hydrogens (primary N) is 2. The predicted octanol–water partition coefficient (Wildman–Crippen LogP) is 1.86. The number of pyridine rings is 1. The first-order valence-electron chi connectivity index (χ1n) is 6.03. The number of hydrogen-bond donors (Lipinski definition) is 3. The highest BCUT2D eigenvalue weighted by Gasteiger charge is 2.22. The Bertz CT molecular complexity index is 441. The Morgan fingerprint density at radius 3 is 2.61 bits per heavy atom. The summed E-state index contributed by atoms with van der Waals surface area (Å²) in [6.45, 7) is 9.47. The summed E-state index contributed by atoms with van der Waals surface area (Å²) in [5, 5.41) is 3.21. The topological polar surface area (TPSA) is 94.0 Å². The highest BCUT2D eigenvalue weighted by molar-refractivity contribution is 5.98. The summed E-state index contributed by atoms with van der Waals surface area (Å²) in [7, 11) is 0. The molecule has 1 heterocycles. The Morgan fingerprint density at radius 1 is 1.50 bits per heavy atom. The van der Waals surface area contributed by atoms with Gasteiger partial charge in [0.1, 0.15) is 5.82 Å². The van der Waals surface area contributed by atoms with Gasteiger partial charge in [0.2, 0.25) is 0 Å². The van der Waals surface area contributed by atoms with E-state index >= 15 is 0 Å². The molecular weight excluding hydrogens is 228 g/mol. The van der Waals surface area contributed by atoms with Gasteiger partial charge >= 0.3 is 0 Å². The molecule has 1 aromatic rings. The molecule has 0 saturated heterocycles. The summed E-state index contributed by atoms with van der Waals surface area (Å²) in [6.07, 6.45) is 1.45. The van der Waals surface area contributed by atoms with Gasteiger partial charge in [0, 0.05) is 6.54 Å². The summed E-state index contributed by atoms with van der Waals surface area (Å²) in [5.41, 5.74) is 11.6. The van der Waals surface area contributed by atoms with Gasteiger partial charge in [-0.15, -0.1) is 0 Å². The fraction of sp³-hybridized carbons (Fsp3) is 0.538. The number of carbonyl (C=O) groups excluding carboxylic acids is 1. The van der Waals surface area contributed by atoms with E-state index in [0.29, 0.717) is 23.0 Å². The molecule has 18 heavy (non-hydrogen) atoms. The summed E-state index contributed by atoms with van der Waals surface area (Å²) >= 11 is 0. The van der Waals surface area contributed by atoms with E-state index in [0.717, 1.165) is 6.54 Å². The number of nitrogens with one attached hydrogen (secondary N) is 1. The van der Waals surface area contributed by atoms with E-state index in [1.165, 1.54) is 6.20 Å². The summed E-state index contributed by atoms with van der Waals surface area (Å²) in [6, 6.07) is 1.59. The van der Waals surface area contributed by atoms with Crippen molar-refractivity contribution >= 4 is 17.4 Å². The second kappa shape index (κ2) is 5.25. The van der Waals surface area contributed by atoms with Crippen LogP contribution in [-0.2, 0) is 0 Å². The summed E-state index contributed by atoms with van der Waals surface area (Å²) in [5.74, 6) is 0.613. The molecular formula is C13H22N4O. The number of hydrogen-bond acceptors (Lipinski definition) is 4. The SMILES string of the molecule is CC(C)C(C)(C)CNc1cc(C(N)=O)c(N)cn1. The van der Waals surface area contributed by atoms with Crippen molar-refractivity contribution in [2.24, 2.45) is 17.1 Å². The van der Waals surface area contributed by atoms with Crippen molar-refractivity contribution in [3.05, 3.63) is 17.8 Å². The van der Waals surface area contributed by atoms with Crippen LogP contribution in [0.3, 0.4) is 0 Å². The largest absolute Gasteiger partial charge is 0.397 e. The van der Waals surface area contributed by atoms with Crippen LogP contribution in [0.1, 0.15) is 38.1 Å². The van der Waals surface area contributed by atoms with Crippen molar-refractivity contribution in [3.8, 4) is 0 Å². The van der Waals surface area contributed by atoms with Crippen molar-refractivity contribution in [3.63, 3.8) is 0 Å². The molecule has 0 aliphatic carbocycles. The van der Waals surface area contributed by atoms with E-state index in [9.17, 15) is 4.79 Å². The molecule has 1 rings (SSSR count). The molecule has 0 fully saturated rings. The Labute approximate surface area is 108 Å². The van der Waals surface area contributed by atoms with Gasteiger partial charge in [0.25, 0.3) is 5.91 Å². The van der Waals surface area contributed by atoms with Crippen LogP contribution in [0.4, 0.5) is 11.5 Å². The van der Waals surface area contributed by atoms with Crippen LogP contribution in [0, 0.1) is 11.3 Å². The maximum Gasteiger partial charge on any atom is 0.250 e. The van der Waals surface area contributed by atoms with E-state index in [1.54, 1.807) is 6.07 Å². The van der Waals surface area contributed by atoms with Crippen LogP contribution >= 0.6 is 0 Å². The fourth-order valence-electron chi connectivity index (χ4n) is 1.30. The minimum absolute atomic E-state index is 0.135. The van der Waals surface area contributed by atoms with Crippen LogP contribution in [0.5, 0.6) is 0 Å². The van der Waals surface area contributed by atoms with E-state index in [-0.39, 0.29) is 5.41 Å². The first kappa shape index (κ1) is 14.3. The van der Waals surface area contributed by atoms with Gasteiger partial charge < -0.3 is 16.8 Å². The zero-order valence-corrected chi connectivity index (χ0v) is 11.4. The molecule has 0 spiro atoms. The molecule has 100 valence electrons. The number of amides is 1. The number of primary amides is 1. The van der Waals surface area contributed by atoms with E-state index < -0.39 is 5.91 Å². The van der Waals surface area contributed by atoms with Crippen molar-refractivity contribution in [2.45, 2.75) is 27.7 Å². The normalized spacial score (nSPS) is 11.6. The number of anilines is 2. The number of rotatable bonds is 5. The van der Waals surface area contributed by atoms with Gasteiger partial charge in [0.15, 0.2) is 0 Å². The highest BCUT2D eigenvalue weighted by atomic mass is 16.1. The first-order valence-corrected chi connectivity index (χ1v) is 6.03. The zero-order valence-electron chi connectivity index (χ0n) is 11.4. The molecule has 0 aliphatic rings. The molecule has 0 bridgehead atoms. The van der Waals surface area contributed by atoms with Gasteiger partial charge in [-0.2, -0.15) is 0 Å². The Kier molecular flexibility index (Phi) is 4.16. The van der Waals surface area contributed by atoms with Crippen molar-refractivity contribution in [2.75, 3.05) is 17.6 Å². The monoisotopic (exact) mass is 250 g/mol. The molecule has 5 nitrogen and oxygen atoms in total. The standard InChI is InChI=1S/C13H22N4O/c1-8(2)13(3,4)7-17-11-5-9(12(15)18)10(14)6-16-11/h5-6,8H,7,14H2,1-4H3,(H2,15,18)(H,16,17). The molecule has 0 radical (unpaired) electrons. The Hall–Kier alpha value is -1.78. The predicted molar refractivity (Wildman–Crippen MR) is 74.3 cm³/mol. The maximum atomic E-state index is 11.2. The van der Waals surface area contributed by atoms with E-state index in [2.05, 4.69) is 38.0 Å². The molecule has 0 aliphatic heterocycles. The lowest BCUT2D eigenvalue weighted by molar-refractivity contribution is 0.100. The molecule has 5 heteroatoms. The molecule has 1 amide bonds. The summed E-state index contributed by atoms with van der Waals surface area (Å²) in [4.78, 5) is 15.3. The number of nitrogens with zero attached hydrogens (tertiary/aromatic N) is 1. The average molecular weight is 250 g/mol. The number of carbonyl (C=O) groups is 1. The lowest BCUT2D eigenvalue weighted by atomic mass is 9.81. The quantitative estimate of drug-likeness (QED) is 0.743. The second-order valence-electron chi connectivity index (χ2n) is 5.52. The average Bonchev–Trinajstić information content (AvgIpc) is 2.27. The van der Waals surface area contributed by atoms with Crippen LogP contribution in [-0.4, -0.2) is 17.4 Å². The highest BCUT2D eigenvalue weighted by Crippen LogP contribution is 2.26. The van der Waals surface area contributed by atoms with Gasteiger partial charge in [-0.05, 0) is 17.4 Å². The molecule has 0 atom stereocenters. The molecule has 0 aromatic carbocycles. The van der Waals surface area contributed by atoms with Gasteiger partial charge in [-0.3, -0.25) is 4.79 Å². The summed E-state index contributed by atoms with van der Waals surface area (Å²) < 4.78 is 0. The minimum atomic E-state index is -0.541. The number of aromatic nitrogens is 1. The molecule has 0 saturated carbocycles. The van der Waals surface area contributed by atoms with Gasteiger partial charge in [-0.25, -0.2) is 4.98 Å². The third kappa shape index (κ3) is 3.35. The van der Waals surface area contributed by atoms with Crippen LogP contribution in [0.25, 0.3) is 0 Å². The van der Waals surface area contributed by atoms with E-state index in [1.807, 2.05) is 0 Å². The first-order chi connectivity index (χ1) is 8.24. The van der Waals surface area contributed by atoms with Crippen molar-refractivity contribution < 1.29 is 4.79 Å². The fourth-order valence-corrected chi connectivity index (χ4v) is 1.30. The van der Waals surface area contributed by atoms with E-state index in [4.69, 9.17) is 11.5 Å². The second-order valence-corrected chi connectivity index (χ2v) is 5.52. The van der Waals surface area contributed by atoms with Crippen LogP contribution < -0.4 is 16.8 Å².